The molecule has 0 radical (unpaired) electrons. The Morgan fingerprint density at radius 2 is 1.86 bits per heavy atom. The largest absolute Gasteiger partial charge is 0.356 e. The van der Waals surface area contributed by atoms with Gasteiger partial charge in [0.15, 0.2) is 0 Å². The quantitative estimate of drug-likeness (QED) is 0.737. The molecule has 0 aliphatic heterocycles. The van der Waals surface area contributed by atoms with Gasteiger partial charge in [0.1, 0.15) is 0 Å². The molecule has 2 heteroatoms. The van der Waals surface area contributed by atoms with E-state index in [-0.39, 0.29) is 11.8 Å². The van der Waals surface area contributed by atoms with E-state index in [1.54, 1.807) is 0 Å². The molecule has 0 heterocycles. The van der Waals surface area contributed by atoms with Crippen molar-refractivity contribution in [2.24, 2.45) is 23.7 Å². The average molecular weight is 197 g/mol. The summed E-state index contributed by atoms with van der Waals surface area (Å²) in [5.41, 5.74) is 0. The lowest BCUT2D eigenvalue weighted by Crippen LogP contribution is -2.39. The summed E-state index contributed by atoms with van der Waals surface area (Å²) in [4.78, 5) is 11.3. The van der Waals surface area contributed by atoms with Gasteiger partial charge in [-0.25, -0.2) is 0 Å². The molecule has 0 spiro atoms. The summed E-state index contributed by atoms with van der Waals surface area (Å²) in [6.45, 7) is 9.33. The van der Waals surface area contributed by atoms with Crippen LogP contribution in [0.2, 0.25) is 0 Å². The molecule has 0 atom stereocenters. The first kappa shape index (κ1) is 11.5. The molecule has 2 nitrogen and oxygen atoms in total. The third kappa shape index (κ3) is 3.00. The van der Waals surface area contributed by atoms with Crippen LogP contribution in [0.4, 0.5) is 0 Å². The average Bonchev–Trinajstić information content (AvgIpc) is 1.99. The minimum atomic E-state index is 0.121. The number of nitrogens with one attached hydrogen (secondary N) is 1. The maximum atomic E-state index is 11.3. The molecule has 0 aromatic heterocycles. The van der Waals surface area contributed by atoms with Gasteiger partial charge in [-0.15, -0.1) is 0 Å². The first-order valence-electron chi connectivity index (χ1n) is 5.78. The van der Waals surface area contributed by atoms with Crippen LogP contribution < -0.4 is 5.32 Å². The fourth-order valence-corrected chi connectivity index (χ4v) is 1.95. The molecule has 0 bridgehead atoms. The number of hydrogen-bond acceptors (Lipinski definition) is 1. The van der Waals surface area contributed by atoms with Gasteiger partial charge in [0.2, 0.25) is 5.91 Å². The number of hydrogen-bond donors (Lipinski definition) is 1. The Morgan fingerprint density at radius 1 is 1.29 bits per heavy atom. The molecule has 1 aliphatic carbocycles. The minimum Gasteiger partial charge on any atom is -0.356 e. The monoisotopic (exact) mass is 197 g/mol. The zero-order chi connectivity index (χ0) is 10.7. The van der Waals surface area contributed by atoms with Crippen molar-refractivity contribution in [3.05, 3.63) is 0 Å². The second-order valence-corrected chi connectivity index (χ2v) is 5.24. The normalized spacial score (nSPS) is 26.4. The van der Waals surface area contributed by atoms with E-state index in [9.17, 15) is 4.79 Å². The molecule has 14 heavy (non-hydrogen) atoms. The lowest BCUT2D eigenvalue weighted by atomic mass is 9.69. The third-order valence-electron chi connectivity index (χ3n) is 3.30. The number of rotatable bonds is 4. The van der Waals surface area contributed by atoms with Crippen LogP contribution in [0.15, 0.2) is 0 Å². The van der Waals surface area contributed by atoms with Gasteiger partial charge in [-0.05, 0) is 30.6 Å². The van der Waals surface area contributed by atoms with Crippen molar-refractivity contribution in [3.8, 4) is 0 Å². The Bertz CT molecular complexity index is 192. The van der Waals surface area contributed by atoms with Crippen molar-refractivity contribution in [1.82, 2.24) is 5.32 Å². The fraction of sp³-hybridized carbons (Fsp3) is 0.917. The highest BCUT2D eigenvalue weighted by Crippen LogP contribution is 2.38. The minimum absolute atomic E-state index is 0.121. The first-order chi connectivity index (χ1) is 6.50. The number of amides is 1. The molecular weight excluding hydrogens is 174 g/mol. The summed E-state index contributed by atoms with van der Waals surface area (Å²) in [5, 5.41) is 3.00. The summed E-state index contributed by atoms with van der Waals surface area (Å²) in [6, 6.07) is 0. The summed E-state index contributed by atoms with van der Waals surface area (Å²) in [7, 11) is 0. The molecule has 0 aromatic carbocycles. The second kappa shape index (κ2) is 4.81. The molecule has 1 N–H and O–H groups in total. The van der Waals surface area contributed by atoms with Crippen LogP contribution in [0.3, 0.4) is 0 Å². The maximum Gasteiger partial charge on any atom is 0.222 e. The Labute approximate surface area is 87.5 Å². The molecule has 1 saturated carbocycles. The summed E-state index contributed by atoms with van der Waals surface area (Å²) >= 11 is 0. The van der Waals surface area contributed by atoms with Crippen molar-refractivity contribution < 1.29 is 4.79 Å². The molecule has 0 saturated heterocycles. The molecule has 1 fully saturated rings. The molecule has 1 aliphatic rings. The topological polar surface area (TPSA) is 29.1 Å². The molecule has 1 amide bonds. The number of carbonyl (C=O) groups excluding carboxylic acids is 1. The Hall–Kier alpha value is -0.530. The van der Waals surface area contributed by atoms with Gasteiger partial charge < -0.3 is 5.32 Å². The lowest BCUT2D eigenvalue weighted by molar-refractivity contribution is -0.124. The van der Waals surface area contributed by atoms with E-state index in [4.69, 9.17) is 0 Å². The predicted octanol–water partition coefficient (Wildman–Crippen LogP) is 2.44. The molecule has 82 valence electrons. The van der Waals surface area contributed by atoms with E-state index < -0.39 is 0 Å². The lowest BCUT2D eigenvalue weighted by Gasteiger charge is -2.38. The smallest absolute Gasteiger partial charge is 0.222 e. The fourth-order valence-electron chi connectivity index (χ4n) is 1.95. The van der Waals surface area contributed by atoms with Crippen molar-refractivity contribution in [2.75, 3.05) is 6.54 Å². The summed E-state index contributed by atoms with van der Waals surface area (Å²) < 4.78 is 0. The van der Waals surface area contributed by atoms with Crippen LogP contribution in [0, 0.1) is 23.7 Å². The van der Waals surface area contributed by atoms with Gasteiger partial charge in [0, 0.05) is 12.5 Å². The van der Waals surface area contributed by atoms with Gasteiger partial charge in [0.25, 0.3) is 0 Å². The van der Waals surface area contributed by atoms with Crippen LogP contribution >= 0.6 is 0 Å². The van der Waals surface area contributed by atoms with Gasteiger partial charge in [0.05, 0.1) is 0 Å². The highest BCUT2D eigenvalue weighted by Gasteiger charge is 2.31. The van der Waals surface area contributed by atoms with Crippen LogP contribution in [-0.2, 0) is 4.79 Å². The molecule has 1 rings (SSSR count). The standard InChI is InChI=1S/C12H23NO/c1-8(2)11-5-10(6-11)7-13-12(14)9(3)4/h8-11H,5-7H2,1-4H3,(H,13,14). The van der Waals surface area contributed by atoms with Crippen molar-refractivity contribution in [3.63, 3.8) is 0 Å². The predicted molar refractivity (Wildman–Crippen MR) is 58.9 cm³/mol. The second-order valence-electron chi connectivity index (χ2n) is 5.24. The van der Waals surface area contributed by atoms with Gasteiger partial charge in [-0.3, -0.25) is 4.79 Å². The highest BCUT2D eigenvalue weighted by atomic mass is 16.1. The van der Waals surface area contributed by atoms with E-state index in [1.807, 2.05) is 13.8 Å². The van der Waals surface area contributed by atoms with Crippen LogP contribution in [0.1, 0.15) is 40.5 Å². The van der Waals surface area contributed by atoms with Crippen molar-refractivity contribution in [2.45, 2.75) is 40.5 Å². The Morgan fingerprint density at radius 3 is 2.29 bits per heavy atom. The first-order valence-corrected chi connectivity index (χ1v) is 5.78. The van der Waals surface area contributed by atoms with Crippen molar-refractivity contribution >= 4 is 5.91 Å². The Kier molecular flexibility index (Phi) is 3.97. The van der Waals surface area contributed by atoms with E-state index in [1.165, 1.54) is 12.8 Å². The zero-order valence-corrected chi connectivity index (χ0v) is 9.84. The summed E-state index contributed by atoms with van der Waals surface area (Å²) in [6.07, 6.45) is 2.60. The van der Waals surface area contributed by atoms with E-state index in [0.717, 1.165) is 24.3 Å². The van der Waals surface area contributed by atoms with Crippen LogP contribution in [0.5, 0.6) is 0 Å². The maximum absolute atomic E-state index is 11.3. The SMILES string of the molecule is CC(C)C(=O)NCC1CC(C(C)C)C1. The molecule has 0 unspecified atom stereocenters. The van der Waals surface area contributed by atoms with Gasteiger partial charge >= 0.3 is 0 Å². The van der Waals surface area contributed by atoms with Gasteiger partial charge in [-0.1, -0.05) is 27.7 Å². The zero-order valence-electron chi connectivity index (χ0n) is 9.84. The molecule has 0 aromatic rings. The summed E-state index contributed by atoms with van der Waals surface area (Å²) in [5.74, 6) is 2.77. The molecular formula is C12H23NO. The van der Waals surface area contributed by atoms with Gasteiger partial charge in [-0.2, -0.15) is 0 Å². The number of carbonyl (C=O) groups is 1. The van der Waals surface area contributed by atoms with E-state index in [2.05, 4.69) is 19.2 Å². The van der Waals surface area contributed by atoms with Crippen LogP contribution in [-0.4, -0.2) is 12.5 Å². The van der Waals surface area contributed by atoms with Crippen LogP contribution in [0.25, 0.3) is 0 Å². The van der Waals surface area contributed by atoms with Crippen molar-refractivity contribution in [1.29, 1.82) is 0 Å². The third-order valence-corrected chi connectivity index (χ3v) is 3.30. The Balaban J connectivity index is 2.09. The van der Waals surface area contributed by atoms with E-state index >= 15 is 0 Å². The van der Waals surface area contributed by atoms with E-state index in [0.29, 0.717) is 0 Å². The highest BCUT2D eigenvalue weighted by molar-refractivity contribution is 5.77.